The largest absolute Gasteiger partial charge is 0.424 e. The standard InChI is InChI=1S/C17H14N4O2S/c18-8-4-7-13(22)9-15-20-21-16(23-15)10-17-19-11-14(24-17)12-5-2-1-3-6-12/h1-3,5-6,11H,4,7,9-10H2. The molecule has 0 fully saturated rings. The SMILES string of the molecule is N#CCCC(=O)Cc1nnc(Cc2ncc(-c3ccccc3)s2)o1. The highest BCUT2D eigenvalue weighted by Gasteiger charge is 2.13. The van der Waals surface area contributed by atoms with Gasteiger partial charge in [0, 0.05) is 19.0 Å². The van der Waals surface area contributed by atoms with Crippen LogP contribution in [0.15, 0.2) is 40.9 Å². The molecule has 0 radical (unpaired) electrons. The molecule has 3 rings (SSSR count). The Morgan fingerprint density at radius 3 is 2.79 bits per heavy atom. The van der Waals surface area contributed by atoms with E-state index in [-0.39, 0.29) is 30.9 Å². The number of nitrogens with zero attached hydrogens (tertiary/aromatic N) is 4. The van der Waals surface area contributed by atoms with Crippen molar-refractivity contribution in [3.05, 3.63) is 53.3 Å². The molecule has 3 aromatic rings. The lowest BCUT2D eigenvalue weighted by Crippen LogP contribution is -2.02. The van der Waals surface area contributed by atoms with Crippen molar-refractivity contribution in [2.75, 3.05) is 0 Å². The molecule has 0 unspecified atom stereocenters. The number of carbonyl (C=O) groups is 1. The molecule has 0 atom stereocenters. The van der Waals surface area contributed by atoms with E-state index in [1.807, 2.05) is 42.6 Å². The first-order valence-electron chi connectivity index (χ1n) is 7.44. The molecular weight excluding hydrogens is 324 g/mol. The smallest absolute Gasteiger partial charge is 0.223 e. The predicted molar refractivity (Wildman–Crippen MR) is 88.2 cm³/mol. The van der Waals surface area contributed by atoms with E-state index < -0.39 is 0 Å². The number of nitriles is 1. The van der Waals surface area contributed by atoms with E-state index in [1.165, 1.54) is 0 Å². The van der Waals surface area contributed by atoms with E-state index in [4.69, 9.17) is 9.68 Å². The zero-order valence-corrected chi connectivity index (χ0v) is 13.6. The van der Waals surface area contributed by atoms with E-state index in [0.29, 0.717) is 12.3 Å². The summed E-state index contributed by atoms with van der Waals surface area (Å²) in [7, 11) is 0. The zero-order valence-electron chi connectivity index (χ0n) is 12.8. The average molecular weight is 338 g/mol. The summed E-state index contributed by atoms with van der Waals surface area (Å²) in [5.41, 5.74) is 1.12. The van der Waals surface area contributed by atoms with Gasteiger partial charge in [-0.2, -0.15) is 5.26 Å². The third-order valence-electron chi connectivity index (χ3n) is 3.29. The van der Waals surface area contributed by atoms with Crippen LogP contribution < -0.4 is 0 Å². The van der Waals surface area contributed by atoms with Crippen molar-refractivity contribution in [2.24, 2.45) is 0 Å². The summed E-state index contributed by atoms with van der Waals surface area (Å²) in [5, 5.41) is 17.2. The number of aromatic nitrogens is 3. The van der Waals surface area contributed by atoms with Gasteiger partial charge in [-0.1, -0.05) is 30.3 Å². The van der Waals surface area contributed by atoms with Crippen molar-refractivity contribution in [1.29, 1.82) is 5.26 Å². The number of carbonyl (C=O) groups excluding carboxylic acids is 1. The van der Waals surface area contributed by atoms with Crippen LogP contribution in [-0.2, 0) is 17.6 Å². The van der Waals surface area contributed by atoms with Crippen LogP contribution >= 0.6 is 11.3 Å². The summed E-state index contributed by atoms with van der Waals surface area (Å²) in [4.78, 5) is 17.1. The number of ketones is 1. The van der Waals surface area contributed by atoms with E-state index in [9.17, 15) is 4.79 Å². The molecule has 0 aliphatic carbocycles. The van der Waals surface area contributed by atoms with E-state index in [1.54, 1.807) is 11.3 Å². The van der Waals surface area contributed by atoms with Gasteiger partial charge in [0.2, 0.25) is 11.8 Å². The Bertz CT molecular complexity index is 864. The van der Waals surface area contributed by atoms with Gasteiger partial charge in [-0.15, -0.1) is 21.5 Å². The number of hydrogen-bond acceptors (Lipinski definition) is 7. The molecule has 0 spiro atoms. The number of thiazole rings is 1. The number of rotatable bonds is 7. The Hall–Kier alpha value is -2.85. The molecule has 2 heterocycles. The van der Waals surface area contributed by atoms with E-state index >= 15 is 0 Å². The van der Waals surface area contributed by atoms with Gasteiger partial charge in [0.15, 0.2) is 0 Å². The summed E-state index contributed by atoms with van der Waals surface area (Å²) >= 11 is 1.57. The lowest BCUT2D eigenvalue weighted by molar-refractivity contribution is -0.118. The van der Waals surface area contributed by atoms with Crippen LogP contribution in [0.3, 0.4) is 0 Å². The first-order valence-corrected chi connectivity index (χ1v) is 8.26. The molecule has 120 valence electrons. The minimum atomic E-state index is -0.0765. The second-order valence-electron chi connectivity index (χ2n) is 5.12. The summed E-state index contributed by atoms with van der Waals surface area (Å²) in [6.45, 7) is 0. The Kier molecular flexibility index (Phi) is 5.08. The Morgan fingerprint density at radius 2 is 2.00 bits per heavy atom. The average Bonchev–Trinajstić information content (AvgIpc) is 3.24. The van der Waals surface area contributed by atoms with Crippen molar-refractivity contribution < 1.29 is 9.21 Å². The van der Waals surface area contributed by atoms with Gasteiger partial charge in [-0.25, -0.2) is 4.98 Å². The minimum absolute atomic E-state index is 0.0712. The molecule has 1 aromatic carbocycles. The van der Waals surface area contributed by atoms with Gasteiger partial charge < -0.3 is 4.42 Å². The Balaban J connectivity index is 1.62. The minimum Gasteiger partial charge on any atom is -0.424 e. The van der Waals surface area contributed by atoms with Crippen molar-refractivity contribution >= 4 is 17.1 Å². The van der Waals surface area contributed by atoms with Gasteiger partial charge in [-0.05, 0) is 5.56 Å². The molecule has 0 saturated heterocycles. The maximum Gasteiger partial charge on any atom is 0.223 e. The third kappa shape index (κ3) is 4.12. The lowest BCUT2D eigenvalue weighted by Gasteiger charge is -1.94. The Morgan fingerprint density at radius 1 is 1.21 bits per heavy atom. The van der Waals surface area contributed by atoms with Crippen LogP contribution in [0.5, 0.6) is 0 Å². The quantitative estimate of drug-likeness (QED) is 0.657. The maximum absolute atomic E-state index is 11.6. The maximum atomic E-state index is 11.6. The molecular formula is C17H14N4O2S. The van der Waals surface area contributed by atoms with Crippen LogP contribution in [0.25, 0.3) is 10.4 Å². The monoisotopic (exact) mass is 338 g/mol. The predicted octanol–water partition coefficient (Wildman–Crippen LogP) is 3.20. The highest BCUT2D eigenvalue weighted by Crippen LogP contribution is 2.26. The molecule has 6 nitrogen and oxygen atoms in total. The zero-order chi connectivity index (χ0) is 16.8. The second-order valence-corrected chi connectivity index (χ2v) is 6.24. The first-order chi connectivity index (χ1) is 11.7. The van der Waals surface area contributed by atoms with Crippen molar-refractivity contribution in [2.45, 2.75) is 25.7 Å². The van der Waals surface area contributed by atoms with Crippen molar-refractivity contribution in [1.82, 2.24) is 15.2 Å². The molecule has 0 amide bonds. The van der Waals surface area contributed by atoms with E-state index in [2.05, 4.69) is 15.2 Å². The summed E-state index contributed by atoms with van der Waals surface area (Å²) in [6, 6.07) is 12.0. The lowest BCUT2D eigenvalue weighted by atomic mass is 10.2. The fourth-order valence-electron chi connectivity index (χ4n) is 2.14. The van der Waals surface area contributed by atoms with Crippen LogP contribution in [0.4, 0.5) is 0 Å². The number of hydrogen-bond donors (Lipinski definition) is 0. The van der Waals surface area contributed by atoms with Crippen LogP contribution in [0.1, 0.15) is 29.6 Å². The fraction of sp³-hybridized carbons (Fsp3) is 0.235. The third-order valence-corrected chi connectivity index (χ3v) is 4.33. The summed E-state index contributed by atoms with van der Waals surface area (Å²) in [6.07, 6.45) is 2.76. The van der Waals surface area contributed by atoms with Crippen LogP contribution in [0.2, 0.25) is 0 Å². The molecule has 0 aliphatic rings. The fourth-order valence-corrected chi connectivity index (χ4v) is 3.06. The van der Waals surface area contributed by atoms with Crippen LogP contribution in [-0.4, -0.2) is 21.0 Å². The molecule has 2 aromatic heterocycles. The first kappa shape index (κ1) is 16.0. The molecule has 0 aliphatic heterocycles. The molecule has 0 N–H and O–H groups in total. The number of Topliss-reactive ketones (excluding diaryl/α,β-unsaturated/α-hetero) is 1. The van der Waals surface area contributed by atoms with Crippen molar-refractivity contribution in [3.8, 4) is 16.5 Å². The highest BCUT2D eigenvalue weighted by molar-refractivity contribution is 7.15. The van der Waals surface area contributed by atoms with Crippen LogP contribution in [0, 0.1) is 11.3 Å². The van der Waals surface area contributed by atoms with Gasteiger partial charge >= 0.3 is 0 Å². The van der Waals surface area contributed by atoms with Gasteiger partial charge in [0.05, 0.1) is 23.8 Å². The molecule has 24 heavy (non-hydrogen) atoms. The highest BCUT2D eigenvalue weighted by atomic mass is 32.1. The Labute approximate surface area is 142 Å². The molecule has 7 heteroatoms. The van der Waals surface area contributed by atoms with Gasteiger partial charge in [-0.3, -0.25) is 4.79 Å². The number of benzene rings is 1. The second kappa shape index (κ2) is 7.62. The molecule has 0 saturated carbocycles. The molecule has 0 bridgehead atoms. The topological polar surface area (TPSA) is 92.7 Å². The van der Waals surface area contributed by atoms with E-state index in [0.717, 1.165) is 15.4 Å². The van der Waals surface area contributed by atoms with Gasteiger partial charge in [0.25, 0.3) is 0 Å². The van der Waals surface area contributed by atoms with Crippen molar-refractivity contribution in [3.63, 3.8) is 0 Å². The summed E-state index contributed by atoms with van der Waals surface area (Å²) < 4.78 is 5.49. The summed E-state index contributed by atoms with van der Waals surface area (Å²) in [5.74, 6) is 0.646. The normalized spacial score (nSPS) is 10.5. The van der Waals surface area contributed by atoms with Gasteiger partial charge in [0.1, 0.15) is 10.8 Å².